The highest BCUT2D eigenvalue weighted by atomic mass is 19.3. The average molecular weight is 224 g/mol. The van der Waals surface area contributed by atoms with Gasteiger partial charge < -0.3 is 5.32 Å². The zero-order valence-corrected chi connectivity index (χ0v) is 9.51. The van der Waals surface area contributed by atoms with Crippen LogP contribution in [0.15, 0.2) is 18.2 Å². The maximum Gasteiger partial charge on any atom is 0.271 e. The molecule has 1 N–H and O–H groups in total. The van der Waals surface area contributed by atoms with Crippen LogP contribution in [0.2, 0.25) is 0 Å². The van der Waals surface area contributed by atoms with Gasteiger partial charge in [-0.15, -0.1) is 0 Å². The normalized spacial score (nSPS) is 11.3. The molecule has 0 aliphatic rings. The molecule has 0 atom stereocenters. The van der Waals surface area contributed by atoms with Gasteiger partial charge in [-0.1, -0.05) is 0 Å². The maximum absolute atomic E-state index is 13.2. The van der Waals surface area contributed by atoms with Crippen LogP contribution in [0.4, 0.5) is 14.5 Å². The fourth-order valence-corrected chi connectivity index (χ4v) is 1.43. The molecule has 1 rings (SSSR count). The summed E-state index contributed by atoms with van der Waals surface area (Å²) < 4.78 is 26.5. The second kappa shape index (κ2) is 4.48. The first-order chi connectivity index (χ1) is 7.34. The molecule has 0 aliphatic heterocycles. The van der Waals surface area contributed by atoms with Gasteiger partial charge in [0.2, 0.25) is 0 Å². The monoisotopic (exact) mass is 224 g/mol. The lowest BCUT2D eigenvalue weighted by Gasteiger charge is -2.16. The number of benzene rings is 1. The van der Waals surface area contributed by atoms with E-state index in [1.54, 1.807) is 12.1 Å². The van der Waals surface area contributed by atoms with Crippen molar-refractivity contribution in [2.45, 2.75) is 32.7 Å². The van der Waals surface area contributed by atoms with Crippen molar-refractivity contribution < 1.29 is 8.78 Å². The number of hydrogen-bond donors (Lipinski definition) is 1. The minimum Gasteiger partial charge on any atom is -0.383 e. The third-order valence-electron chi connectivity index (χ3n) is 2.07. The molecule has 0 saturated carbocycles. The summed E-state index contributed by atoms with van der Waals surface area (Å²) in [5.41, 5.74) is 0.382. The zero-order valence-electron chi connectivity index (χ0n) is 9.51. The molecular weight excluding hydrogens is 210 g/mol. The van der Waals surface area contributed by atoms with Crippen LogP contribution >= 0.6 is 0 Å². The fraction of sp³-hybridized carbons (Fsp3) is 0.417. The van der Waals surface area contributed by atoms with Gasteiger partial charge in [0, 0.05) is 24.2 Å². The first-order valence-corrected chi connectivity index (χ1v) is 5.03. The number of anilines is 1. The second-order valence-electron chi connectivity index (χ2n) is 4.06. The van der Waals surface area contributed by atoms with Crippen molar-refractivity contribution in [2.24, 2.45) is 0 Å². The Bertz CT molecular complexity index is 414. The Hall–Kier alpha value is -1.63. The summed E-state index contributed by atoms with van der Waals surface area (Å²) in [5.74, 6) is -3.00. The van der Waals surface area contributed by atoms with E-state index in [9.17, 15) is 8.78 Å². The van der Waals surface area contributed by atoms with Crippen LogP contribution in [0, 0.1) is 11.3 Å². The molecular formula is C12H14F2N2. The molecule has 0 spiro atoms. The van der Waals surface area contributed by atoms with Crippen LogP contribution in [0.5, 0.6) is 0 Å². The van der Waals surface area contributed by atoms with Crippen LogP contribution < -0.4 is 5.32 Å². The molecule has 4 heteroatoms. The van der Waals surface area contributed by atoms with Gasteiger partial charge in [-0.05, 0) is 32.0 Å². The molecule has 0 heterocycles. The number of halogens is 2. The van der Waals surface area contributed by atoms with Gasteiger partial charge in [0.1, 0.15) is 0 Å². The van der Waals surface area contributed by atoms with E-state index in [2.05, 4.69) is 5.32 Å². The van der Waals surface area contributed by atoms with E-state index < -0.39 is 5.92 Å². The number of hydrogen-bond acceptors (Lipinski definition) is 2. The molecule has 16 heavy (non-hydrogen) atoms. The van der Waals surface area contributed by atoms with Crippen LogP contribution in [0.3, 0.4) is 0 Å². The van der Waals surface area contributed by atoms with Gasteiger partial charge in [0.15, 0.2) is 0 Å². The largest absolute Gasteiger partial charge is 0.383 e. The Balaban J connectivity index is 3.18. The van der Waals surface area contributed by atoms with Gasteiger partial charge in [-0.2, -0.15) is 5.26 Å². The maximum atomic E-state index is 13.2. The third kappa shape index (κ3) is 2.93. The highest BCUT2D eigenvalue weighted by molar-refractivity contribution is 5.53. The van der Waals surface area contributed by atoms with Crippen LogP contribution in [-0.2, 0) is 5.92 Å². The summed E-state index contributed by atoms with van der Waals surface area (Å²) in [6.45, 7) is 4.63. The van der Waals surface area contributed by atoms with Crippen molar-refractivity contribution in [3.05, 3.63) is 29.3 Å². The lowest BCUT2D eigenvalue weighted by molar-refractivity contribution is 0.0172. The number of nitrogens with one attached hydrogen (secondary N) is 1. The SMILES string of the molecule is CC(C)Nc1ccc(C#N)c(C(C)(F)F)c1. The highest BCUT2D eigenvalue weighted by Crippen LogP contribution is 2.31. The highest BCUT2D eigenvalue weighted by Gasteiger charge is 2.28. The first kappa shape index (κ1) is 12.4. The lowest BCUT2D eigenvalue weighted by Crippen LogP contribution is -2.13. The minimum atomic E-state index is -3.00. The quantitative estimate of drug-likeness (QED) is 0.853. The summed E-state index contributed by atoms with van der Waals surface area (Å²) in [6, 6.07) is 6.31. The van der Waals surface area contributed by atoms with Crippen LogP contribution in [-0.4, -0.2) is 6.04 Å². The standard InChI is InChI=1S/C12H14F2N2/c1-8(2)16-10-5-4-9(7-15)11(6-10)12(3,13)14/h4-6,8,16H,1-3H3. The average Bonchev–Trinajstić information content (AvgIpc) is 2.15. The van der Waals surface area contributed by atoms with Crippen molar-refractivity contribution in [1.82, 2.24) is 0 Å². The van der Waals surface area contributed by atoms with Gasteiger partial charge >= 0.3 is 0 Å². The number of nitriles is 1. The van der Waals surface area contributed by atoms with Crippen LogP contribution in [0.25, 0.3) is 0 Å². The predicted molar refractivity (Wildman–Crippen MR) is 59.5 cm³/mol. The molecule has 0 saturated heterocycles. The molecule has 0 amide bonds. The first-order valence-electron chi connectivity index (χ1n) is 5.03. The van der Waals surface area contributed by atoms with E-state index in [0.717, 1.165) is 6.92 Å². The van der Waals surface area contributed by atoms with Crippen molar-refractivity contribution in [2.75, 3.05) is 5.32 Å². The Kier molecular flexibility index (Phi) is 3.48. The minimum absolute atomic E-state index is 0.0156. The topological polar surface area (TPSA) is 35.8 Å². The van der Waals surface area contributed by atoms with Crippen molar-refractivity contribution >= 4 is 5.69 Å². The summed E-state index contributed by atoms with van der Waals surface area (Å²) >= 11 is 0. The molecule has 1 aromatic rings. The van der Waals surface area contributed by atoms with E-state index in [0.29, 0.717) is 5.69 Å². The van der Waals surface area contributed by atoms with Gasteiger partial charge in [0.25, 0.3) is 5.92 Å². The number of alkyl halides is 2. The Morgan fingerprint density at radius 1 is 1.38 bits per heavy atom. The van der Waals surface area contributed by atoms with Crippen LogP contribution in [0.1, 0.15) is 31.9 Å². The van der Waals surface area contributed by atoms with E-state index in [4.69, 9.17) is 5.26 Å². The number of nitrogens with zero attached hydrogens (tertiary/aromatic N) is 1. The van der Waals surface area contributed by atoms with E-state index in [1.165, 1.54) is 12.1 Å². The molecule has 0 unspecified atom stereocenters. The van der Waals surface area contributed by atoms with Crippen molar-refractivity contribution in [3.8, 4) is 6.07 Å². The number of rotatable bonds is 3. The Morgan fingerprint density at radius 2 is 2.00 bits per heavy atom. The molecule has 0 aliphatic carbocycles. The summed E-state index contributed by atoms with van der Waals surface area (Å²) in [7, 11) is 0. The Labute approximate surface area is 93.9 Å². The van der Waals surface area contributed by atoms with Crippen molar-refractivity contribution in [1.29, 1.82) is 5.26 Å². The van der Waals surface area contributed by atoms with E-state index in [-0.39, 0.29) is 17.2 Å². The van der Waals surface area contributed by atoms with Gasteiger partial charge in [0.05, 0.1) is 11.6 Å². The lowest BCUT2D eigenvalue weighted by atomic mass is 10.0. The Morgan fingerprint density at radius 3 is 2.44 bits per heavy atom. The molecule has 2 nitrogen and oxygen atoms in total. The van der Waals surface area contributed by atoms with Crippen molar-refractivity contribution in [3.63, 3.8) is 0 Å². The van der Waals surface area contributed by atoms with E-state index >= 15 is 0 Å². The smallest absolute Gasteiger partial charge is 0.271 e. The van der Waals surface area contributed by atoms with E-state index in [1.807, 2.05) is 13.8 Å². The molecule has 0 bridgehead atoms. The summed E-state index contributed by atoms with van der Waals surface area (Å²) in [5, 5.41) is 11.8. The third-order valence-corrected chi connectivity index (χ3v) is 2.07. The summed E-state index contributed by atoms with van der Waals surface area (Å²) in [4.78, 5) is 0. The van der Waals surface area contributed by atoms with Gasteiger partial charge in [-0.3, -0.25) is 0 Å². The zero-order chi connectivity index (χ0) is 12.3. The molecule has 1 aromatic carbocycles. The molecule has 0 radical (unpaired) electrons. The predicted octanol–water partition coefficient (Wildman–Crippen LogP) is 3.49. The molecule has 0 fully saturated rings. The molecule has 86 valence electrons. The molecule has 0 aromatic heterocycles. The van der Waals surface area contributed by atoms with Gasteiger partial charge in [-0.25, -0.2) is 8.78 Å². The fourth-order valence-electron chi connectivity index (χ4n) is 1.43. The summed E-state index contributed by atoms with van der Waals surface area (Å²) in [6.07, 6.45) is 0. The second-order valence-corrected chi connectivity index (χ2v) is 4.06.